The number of nitrogens with one attached hydrogen (secondary N) is 2. The number of hydrogen-bond donors (Lipinski definition) is 3. The van der Waals surface area contributed by atoms with Crippen LogP contribution in [0.25, 0.3) is 22.6 Å². The number of anilines is 1. The van der Waals surface area contributed by atoms with E-state index in [0.29, 0.717) is 39.4 Å². The normalized spacial score (nSPS) is 12.0. The van der Waals surface area contributed by atoms with Crippen LogP contribution in [-0.4, -0.2) is 27.9 Å². The molecule has 3 N–H and O–H groups in total. The van der Waals surface area contributed by atoms with Crippen LogP contribution in [0.3, 0.4) is 0 Å². The molecular formula is C22H15N3O5S. The Kier molecular flexibility index (Phi) is 4.64. The molecule has 5 rings (SSSR count). The van der Waals surface area contributed by atoms with Crippen molar-refractivity contribution in [3.05, 3.63) is 66.2 Å². The fourth-order valence-electron chi connectivity index (χ4n) is 3.15. The average molecular weight is 433 g/mol. The van der Waals surface area contributed by atoms with Gasteiger partial charge < -0.3 is 24.3 Å². The Hall–Kier alpha value is -4.11. The van der Waals surface area contributed by atoms with Crippen LogP contribution < -0.4 is 20.1 Å². The van der Waals surface area contributed by atoms with E-state index in [1.54, 1.807) is 36.4 Å². The van der Waals surface area contributed by atoms with Crippen LogP contribution in [-0.2, 0) is 0 Å². The first-order chi connectivity index (χ1) is 15.1. The molecule has 0 bridgehead atoms. The molecule has 8 nitrogen and oxygen atoms in total. The number of para-hydroxylation sites is 2. The molecule has 0 spiro atoms. The molecule has 9 heteroatoms. The molecule has 0 fully saturated rings. The van der Waals surface area contributed by atoms with Crippen molar-refractivity contribution in [1.82, 2.24) is 10.3 Å². The van der Waals surface area contributed by atoms with Gasteiger partial charge in [-0.15, -0.1) is 0 Å². The zero-order chi connectivity index (χ0) is 21.4. The molecule has 0 saturated heterocycles. The molecule has 0 aliphatic carbocycles. The maximum absolute atomic E-state index is 12.5. The van der Waals surface area contributed by atoms with Crippen molar-refractivity contribution in [2.75, 3.05) is 12.1 Å². The van der Waals surface area contributed by atoms with E-state index in [2.05, 4.69) is 15.6 Å². The summed E-state index contributed by atoms with van der Waals surface area (Å²) in [7, 11) is 0. The van der Waals surface area contributed by atoms with Crippen molar-refractivity contribution >= 4 is 40.0 Å². The molecule has 31 heavy (non-hydrogen) atoms. The smallest absolute Gasteiger partial charge is 0.257 e. The van der Waals surface area contributed by atoms with E-state index in [1.165, 1.54) is 6.07 Å². The SMILES string of the molecule is O=C(NC(=S)Nc1ccc(O)c(-c2nc3ccccc3o2)c1)c1ccc2c(c1)OCO2. The Balaban J connectivity index is 1.32. The maximum Gasteiger partial charge on any atom is 0.257 e. The van der Waals surface area contributed by atoms with Gasteiger partial charge in [0.25, 0.3) is 5.91 Å². The van der Waals surface area contributed by atoms with Crippen molar-refractivity contribution in [1.29, 1.82) is 0 Å². The molecule has 1 aliphatic heterocycles. The third kappa shape index (κ3) is 3.74. The minimum absolute atomic E-state index is 0.00687. The number of rotatable bonds is 3. The number of nitrogens with zero attached hydrogens (tertiary/aromatic N) is 1. The van der Waals surface area contributed by atoms with Gasteiger partial charge in [-0.1, -0.05) is 12.1 Å². The third-order valence-electron chi connectivity index (χ3n) is 4.64. The molecule has 1 amide bonds. The summed E-state index contributed by atoms with van der Waals surface area (Å²) in [6.45, 7) is 0.129. The van der Waals surface area contributed by atoms with Gasteiger partial charge in [-0.2, -0.15) is 0 Å². The first kappa shape index (κ1) is 18.9. The number of carbonyl (C=O) groups is 1. The highest BCUT2D eigenvalue weighted by Crippen LogP contribution is 2.34. The number of phenols is 1. The van der Waals surface area contributed by atoms with Crippen LogP contribution in [0.15, 0.2) is 65.1 Å². The fraction of sp³-hybridized carbons (Fsp3) is 0.0455. The van der Waals surface area contributed by atoms with E-state index < -0.39 is 5.91 Å². The van der Waals surface area contributed by atoms with Crippen molar-refractivity contribution in [2.24, 2.45) is 0 Å². The predicted octanol–water partition coefficient (Wildman–Crippen LogP) is 4.06. The first-order valence-corrected chi connectivity index (χ1v) is 9.68. The Bertz CT molecular complexity index is 1300. The second kappa shape index (κ2) is 7.62. The second-order valence-corrected chi connectivity index (χ2v) is 7.10. The van der Waals surface area contributed by atoms with Crippen LogP contribution in [0.5, 0.6) is 17.2 Å². The largest absolute Gasteiger partial charge is 0.507 e. The Labute approximate surface area is 181 Å². The Morgan fingerprint density at radius 2 is 1.87 bits per heavy atom. The van der Waals surface area contributed by atoms with Gasteiger partial charge in [-0.25, -0.2) is 4.98 Å². The highest BCUT2D eigenvalue weighted by Gasteiger charge is 2.17. The lowest BCUT2D eigenvalue weighted by Gasteiger charge is -2.11. The summed E-state index contributed by atoms with van der Waals surface area (Å²) < 4.78 is 16.3. The number of carbonyl (C=O) groups excluding carboxylic acids is 1. The van der Waals surface area contributed by atoms with Crippen molar-refractivity contribution < 1.29 is 23.8 Å². The van der Waals surface area contributed by atoms with Gasteiger partial charge in [-0.3, -0.25) is 10.1 Å². The molecule has 0 radical (unpaired) electrons. The summed E-state index contributed by atoms with van der Waals surface area (Å²) in [6.07, 6.45) is 0. The van der Waals surface area contributed by atoms with Crippen molar-refractivity contribution in [3.63, 3.8) is 0 Å². The number of hydrogen-bond acceptors (Lipinski definition) is 7. The summed E-state index contributed by atoms with van der Waals surface area (Å²) in [5, 5.41) is 15.9. The van der Waals surface area contributed by atoms with E-state index in [-0.39, 0.29) is 23.5 Å². The van der Waals surface area contributed by atoms with Crippen LogP contribution in [0, 0.1) is 0 Å². The molecule has 1 aliphatic rings. The van der Waals surface area contributed by atoms with Crippen molar-refractivity contribution in [2.45, 2.75) is 0 Å². The maximum atomic E-state index is 12.5. The molecule has 2 heterocycles. The average Bonchev–Trinajstić information content (AvgIpc) is 3.41. The lowest BCUT2D eigenvalue weighted by molar-refractivity contribution is 0.0977. The number of amides is 1. The molecule has 1 aromatic heterocycles. The number of benzene rings is 3. The lowest BCUT2D eigenvalue weighted by atomic mass is 10.1. The second-order valence-electron chi connectivity index (χ2n) is 6.69. The predicted molar refractivity (Wildman–Crippen MR) is 117 cm³/mol. The van der Waals surface area contributed by atoms with E-state index >= 15 is 0 Å². The van der Waals surface area contributed by atoms with Gasteiger partial charge in [0.15, 0.2) is 22.2 Å². The monoisotopic (exact) mass is 433 g/mol. The van der Waals surface area contributed by atoms with E-state index in [1.807, 2.05) is 18.2 Å². The molecule has 0 unspecified atom stereocenters. The van der Waals surface area contributed by atoms with Gasteiger partial charge in [0, 0.05) is 11.3 Å². The highest BCUT2D eigenvalue weighted by atomic mass is 32.1. The number of thiocarbonyl (C=S) groups is 1. The molecule has 0 saturated carbocycles. The zero-order valence-corrected chi connectivity index (χ0v) is 16.7. The van der Waals surface area contributed by atoms with Gasteiger partial charge in [-0.05, 0) is 60.7 Å². The molecule has 4 aromatic rings. The molecule has 154 valence electrons. The third-order valence-corrected chi connectivity index (χ3v) is 4.84. The van der Waals surface area contributed by atoms with E-state index in [4.69, 9.17) is 26.1 Å². The number of aromatic nitrogens is 1. The minimum Gasteiger partial charge on any atom is -0.507 e. The molecule has 3 aromatic carbocycles. The summed E-state index contributed by atoms with van der Waals surface area (Å²) in [5.41, 5.74) is 2.62. The molecule has 0 atom stereocenters. The van der Waals surface area contributed by atoms with E-state index in [9.17, 15) is 9.90 Å². The number of ether oxygens (including phenoxy) is 2. The van der Waals surface area contributed by atoms with Crippen LogP contribution in [0.1, 0.15) is 10.4 Å². The zero-order valence-electron chi connectivity index (χ0n) is 15.9. The van der Waals surface area contributed by atoms with Crippen LogP contribution in [0.4, 0.5) is 5.69 Å². The number of oxazole rings is 1. The van der Waals surface area contributed by atoms with Gasteiger partial charge >= 0.3 is 0 Å². The van der Waals surface area contributed by atoms with E-state index in [0.717, 1.165) is 0 Å². The number of aromatic hydroxyl groups is 1. The van der Waals surface area contributed by atoms with Gasteiger partial charge in [0.05, 0.1) is 5.56 Å². The summed E-state index contributed by atoms with van der Waals surface area (Å²) in [4.78, 5) is 16.9. The number of phenolic OH excluding ortho intramolecular Hbond substituents is 1. The topological polar surface area (TPSA) is 106 Å². The highest BCUT2D eigenvalue weighted by molar-refractivity contribution is 7.80. The standard InChI is InChI=1S/C22H15N3O5S/c26-16-7-6-13(10-14(16)21-24-15-3-1-2-4-17(15)30-21)23-22(31)25-20(27)12-5-8-18-19(9-12)29-11-28-18/h1-10,26H,11H2,(H2,23,25,27,31). The Morgan fingerprint density at radius 1 is 1.03 bits per heavy atom. The summed E-state index contributed by atoms with van der Waals surface area (Å²) in [5.74, 6) is 0.986. The fourth-order valence-corrected chi connectivity index (χ4v) is 3.36. The lowest BCUT2D eigenvalue weighted by Crippen LogP contribution is -2.34. The minimum atomic E-state index is -0.395. The van der Waals surface area contributed by atoms with Crippen molar-refractivity contribution in [3.8, 4) is 28.7 Å². The summed E-state index contributed by atoms with van der Waals surface area (Å²) >= 11 is 5.26. The number of fused-ring (bicyclic) bond motifs is 2. The molecular weight excluding hydrogens is 418 g/mol. The first-order valence-electron chi connectivity index (χ1n) is 9.28. The Morgan fingerprint density at radius 3 is 2.74 bits per heavy atom. The summed E-state index contributed by atoms with van der Waals surface area (Å²) in [6, 6.07) is 17.0. The van der Waals surface area contributed by atoms with Gasteiger partial charge in [0.2, 0.25) is 12.7 Å². The quantitative estimate of drug-likeness (QED) is 0.328. The van der Waals surface area contributed by atoms with Crippen LogP contribution >= 0.6 is 12.2 Å². The van der Waals surface area contributed by atoms with Gasteiger partial charge in [0.1, 0.15) is 11.3 Å². The van der Waals surface area contributed by atoms with Crippen LogP contribution in [0.2, 0.25) is 0 Å².